The molecule has 0 amide bonds. The highest BCUT2D eigenvalue weighted by molar-refractivity contribution is 5.23. The number of hydrogen-bond acceptors (Lipinski definition) is 3. The Morgan fingerprint density at radius 1 is 1.33 bits per heavy atom. The van der Waals surface area contributed by atoms with Crippen LogP contribution in [0.5, 0.6) is 0 Å². The van der Waals surface area contributed by atoms with Gasteiger partial charge >= 0.3 is 0 Å². The van der Waals surface area contributed by atoms with Crippen LogP contribution in [0.25, 0.3) is 0 Å². The fraction of sp³-hybridized carbons (Fsp3) is 0.500. The van der Waals surface area contributed by atoms with E-state index in [2.05, 4.69) is 37.4 Å². The van der Waals surface area contributed by atoms with Crippen LogP contribution in [-0.2, 0) is 25.6 Å². The van der Waals surface area contributed by atoms with Crippen molar-refractivity contribution in [3.8, 4) is 0 Å². The molecule has 98 valence electrons. The average Bonchev–Trinajstić information content (AvgIpc) is 2.87. The lowest BCUT2D eigenvalue weighted by molar-refractivity contribution is 0.480. The van der Waals surface area contributed by atoms with Crippen molar-refractivity contribution in [1.29, 1.82) is 0 Å². The molecule has 0 fully saturated rings. The van der Waals surface area contributed by atoms with Gasteiger partial charge in [0, 0.05) is 30.8 Å². The zero-order valence-corrected chi connectivity index (χ0v) is 11.5. The minimum Gasteiger partial charge on any atom is -0.468 e. The summed E-state index contributed by atoms with van der Waals surface area (Å²) in [7, 11) is 1.96. The standard InChI is InChI=1S/C14H21N3O/c1-14(2,3)13-11(10-17(4)16-13)8-15-9-12-6-5-7-18-12/h5-7,10,15H,8-9H2,1-4H3. The van der Waals surface area contributed by atoms with Gasteiger partial charge in [-0.3, -0.25) is 4.68 Å². The fourth-order valence-corrected chi connectivity index (χ4v) is 2.03. The number of rotatable bonds is 4. The summed E-state index contributed by atoms with van der Waals surface area (Å²) in [6.07, 6.45) is 3.78. The van der Waals surface area contributed by atoms with E-state index in [0.717, 1.165) is 24.5 Å². The van der Waals surface area contributed by atoms with Crippen molar-refractivity contribution in [3.05, 3.63) is 41.6 Å². The summed E-state index contributed by atoms with van der Waals surface area (Å²) in [6.45, 7) is 8.11. The monoisotopic (exact) mass is 247 g/mol. The topological polar surface area (TPSA) is 43.0 Å². The van der Waals surface area contributed by atoms with Gasteiger partial charge in [0.15, 0.2) is 0 Å². The van der Waals surface area contributed by atoms with Crippen molar-refractivity contribution in [2.24, 2.45) is 7.05 Å². The second kappa shape index (κ2) is 4.98. The van der Waals surface area contributed by atoms with Crippen molar-refractivity contribution in [1.82, 2.24) is 15.1 Å². The predicted octanol–water partition coefficient (Wildman–Crippen LogP) is 2.60. The normalized spacial score (nSPS) is 12.0. The van der Waals surface area contributed by atoms with Gasteiger partial charge < -0.3 is 9.73 Å². The molecule has 18 heavy (non-hydrogen) atoms. The predicted molar refractivity (Wildman–Crippen MR) is 71.2 cm³/mol. The molecule has 0 aliphatic heterocycles. The van der Waals surface area contributed by atoms with Crippen molar-refractivity contribution in [2.45, 2.75) is 39.3 Å². The lowest BCUT2D eigenvalue weighted by Crippen LogP contribution is -2.18. The molecule has 0 spiro atoms. The number of aromatic nitrogens is 2. The Hall–Kier alpha value is -1.55. The molecule has 2 aromatic rings. The number of furan rings is 1. The van der Waals surface area contributed by atoms with Crippen LogP contribution in [0, 0.1) is 0 Å². The zero-order chi connectivity index (χ0) is 13.2. The molecular weight excluding hydrogens is 226 g/mol. The van der Waals surface area contributed by atoms with E-state index < -0.39 is 0 Å². The molecule has 1 N–H and O–H groups in total. The molecule has 4 nitrogen and oxygen atoms in total. The molecule has 2 rings (SSSR count). The van der Waals surface area contributed by atoms with Crippen LogP contribution >= 0.6 is 0 Å². The van der Waals surface area contributed by atoms with Gasteiger partial charge in [-0.15, -0.1) is 0 Å². The number of aryl methyl sites for hydroxylation is 1. The Bertz CT molecular complexity index is 492. The first-order chi connectivity index (χ1) is 8.47. The first kappa shape index (κ1) is 12.9. The van der Waals surface area contributed by atoms with Gasteiger partial charge in [-0.1, -0.05) is 20.8 Å². The highest BCUT2D eigenvalue weighted by Crippen LogP contribution is 2.23. The van der Waals surface area contributed by atoms with Gasteiger partial charge in [-0.2, -0.15) is 5.10 Å². The van der Waals surface area contributed by atoms with Gasteiger partial charge in [0.05, 0.1) is 18.5 Å². The van der Waals surface area contributed by atoms with Gasteiger partial charge in [-0.25, -0.2) is 0 Å². The smallest absolute Gasteiger partial charge is 0.117 e. The molecule has 0 bridgehead atoms. The first-order valence-electron chi connectivity index (χ1n) is 6.23. The Morgan fingerprint density at radius 3 is 2.72 bits per heavy atom. The van der Waals surface area contributed by atoms with Gasteiger partial charge in [0.1, 0.15) is 5.76 Å². The number of nitrogens with zero attached hydrogens (tertiary/aromatic N) is 2. The lowest BCUT2D eigenvalue weighted by Gasteiger charge is -2.17. The molecule has 0 aliphatic rings. The Labute approximate surface area is 108 Å². The minimum absolute atomic E-state index is 0.0724. The van der Waals surface area contributed by atoms with Crippen molar-refractivity contribution < 1.29 is 4.42 Å². The zero-order valence-electron chi connectivity index (χ0n) is 11.5. The van der Waals surface area contributed by atoms with E-state index in [1.54, 1.807) is 6.26 Å². The molecule has 2 aromatic heterocycles. The fourth-order valence-electron chi connectivity index (χ4n) is 2.03. The van der Waals surface area contributed by atoms with Crippen LogP contribution in [0.2, 0.25) is 0 Å². The highest BCUT2D eigenvalue weighted by Gasteiger charge is 2.21. The third-order valence-corrected chi connectivity index (χ3v) is 2.81. The Balaban J connectivity index is 2.01. The van der Waals surface area contributed by atoms with E-state index in [-0.39, 0.29) is 5.41 Å². The summed E-state index contributed by atoms with van der Waals surface area (Å²) in [4.78, 5) is 0. The highest BCUT2D eigenvalue weighted by atomic mass is 16.3. The molecule has 0 saturated heterocycles. The molecule has 0 atom stereocenters. The summed E-state index contributed by atoms with van der Waals surface area (Å²) >= 11 is 0. The Morgan fingerprint density at radius 2 is 2.11 bits per heavy atom. The summed E-state index contributed by atoms with van der Waals surface area (Å²) in [5, 5.41) is 7.93. The van der Waals surface area contributed by atoms with E-state index in [0.29, 0.717) is 0 Å². The quantitative estimate of drug-likeness (QED) is 0.903. The largest absolute Gasteiger partial charge is 0.468 e. The van der Waals surface area contributed by atoms with Gasteiger partial charge in [0.2, 0.25) is 0 Å². The van der Waals surface area contributed by atoms with E-state index in [4.69, 9.17) is 4.42 Å². The molecule has 0 aliphatic carbocycles. The van der Waals surface area contributed by atoms with E-state index in [1.807, 2.05) is 23.9 Å². The van der Waals surface area contributed by atoms with Crippen molar-refractivity contribution >= 4 is 0 Å². The number of hydrogen-bond donors (Lipinski definition) is 1. The van der Waals surface area contributed by atoms with E-state index >= 15 is 0 Å². The van der Waals surface area contributed by atoms with Gasteiger partial charge in [0.25, 0.3) is 0 Å². The summed E-state index contributed by atoms with van der Waals surface area (Å²) in [5.74, 6) is 0.955. The molecule has 2 heterocycles. The van der Waals surface area contributed by atoms with Crippen LogP contribution < -0.4 is 5.32 Å². The third-order valence-electron chi connectivity index (χ3n) is 2.81. The van der Waals surface area contributed by atoms with Gasteiger partial charge in [-0.05, 0) is 12.1 Å². The first-order valence-corrected chi connectivity index (χ1v) is 6.23. The summed E-state index contributed by atoms with van der Waals surface area (Å²) in [5.41, 5.74) is 2.47. The SMILES string of the molecule is Cn1cc(CNCc2ccco2)c(C(C)(C)C)n1. The molecule has 0 unspecified atom stereocenters. The van der Waals surface area contributed by atoms with Crippen LogP contribution in [0.1, 0.15) is 37.8 Å². The molecular formula is C14H21N3O. The minimum atomic E-state index is 0.0724. The Kier molecular flexibility index (Phi) is 3.57. The molecule has 4 heteroatoms. The van der Waals surface area contributed by atoms with E-state index in [9.17, 15) is 0 Å². The van der Waals surface area contributed by atoms with Crippen LogP contribution in [0.4, 0.5) is 0 Å². The maximum atomic E-state index is 5.29. The maximum Gasteiger partial charge on any atom is 0.117 e. The van der Waals surface area contributed by atoms with Crippen molar-refractivity contribution in [2.75, 3.05) is 0 Å². The second-order valence-electron chi connectivity index (χ2n) is 5.61. The van der Waals surface area contributed by atoms with Crippen LogP contribution in [0.3, 0.4) is 0 Å². The van der Waals surface area contributed by atoms with E-state index in [1.165, 1.54) is 5.56 Å². The molecule has 0 radical (unpaired) electrons. The van der Waals surface area contributed by atoms with Crippen molar-refractivity contribution in [3.63, 3.8) is 0 Å². The summed E-state index contributed by atoms with van der Waals surface area (Å²) < 4.78 is 7.17. The van der Waals surface area contributed by atoms with Crippen LogP contribution in [0.15, 0.2) is 29.0 Å². The average molecular weight is 247 g/mol. The van der Waals surface area contributed by atoms with Crippen LogP contribution in [-0.4, -0.2) is 9.78 Å². The number of nitrogens with one attached hydrogen (secondary N) is 1. The lowest BCUT2D eigenvalue weighted by atomic mass is 9.89. The molecule has 0 aromatic carbocycles. The molecule has 0 saturated carbocycles. The third kappa shape index (κ3) is 3.01. The second-order valence-corrected chi connectivity index (χ2v) is 5.61. The maximum absolute atomic E-state index is 5.29. The summed E-state index contributed by atoms with van der Waals surface area (Å²) in [6, 6.07) is 3.88.